The largest absolute Gasteiger partial charge is 0.303 e. The molecule has 0 fully saturated rings. The van der Waals surface area contributed by atoms with Crippen molar-refractivity contribution in [3.8, 4) is 0 Å². The molecule has 0 saturated heterocycles. The van der Waals surface area contributed by atoms with Crippen LogP contribution in [0.4, 0.5) is 0 Å². The molecule has 0 aromatic carbocycles. The van der Waals surface area contributed by atoms with Crippen LogP contribution in [0.3, 0.4) is 0 Å². The van der Waals surface area contributed by atoms with E-state index in [-0.39, 0.29) is 7.92 Å². The van der Waals surface area contributed by atoms with Gasteiger partial charge in [0.1, 0.15) is 6.29 Å². The standard InChI is InChI=1S/C5H11OP/c1-3-7(2)5-4-6/h4H,3,5H2,1-2H3. The fourth-order valence-electron chi connectivity index (χ4n) is 0.256. The molecule has 0 aromatic heterocycles. The zero-order valence-corrected chi connectivity index (χ0v) is 5.74. The summed E-state index contributed by atoms with van der Waals surface area (Å²) in [6.45, 7) is 4.26. The molecule has 0 radical (unpaired) electrons. The molecule has 0 aliphatic rings. The average Bonchev–Trinajstić information content (AvgIpc) is 1.68. The zero-order valence-electron chi connectivity index (χ0n) is 4.85. The van der Waals surface area contributed by atoms with Gasteiger partial charge in [0.25, 0.3) is 0 Å². The van der Waals surface area contributed by atoms with E-state index in [9.17, 15) is 4.79 Å². The second-order valence-electron chi connectivity index (χ2n) is 1.52. The molecule has 0 bridgehead atoms. The first-order valence-electron chi connectivity index (χ1n) is 2.43. The molecular formula is C5H11OP. The molecule has 1 nitrogen and oxygen atoms in total. The van der Waals surface area contributed by atoms with E-state index in [0.29, 0.717) is 0 Å². The number of hydrogen-bond acceptors (Lipinski definition) is 1. The molecule has 0 aliphatic carbocycles. The predicted octanol–water partition coefficient (Wildman–Crippen LogP) is 1.32. The second kappa shape index (κ2) is 4.26. The summed E-state index contributed by atoms with van der Waals surface area (Å²) >= 11 is 0. The number of rotatable bonds is 3. The van der Waals surface area contributed by atoms with Gasteiger partial charge >= 0.3 is 0 Å². The van der Waals surface area contributed by atoms with Crippen LogP contribution in [-0.4, -0.2) is 25.3 Å². The lowest BCUT2D eigenvalue weighted by Crippen LogP contribution is -1.83. The van der Waals surface area contributed by atoms with Crippen LogP contribution in [0.2, 0.25) is 0 Å². The molecule has 0 rings (SSSR count). The minimum absolute atomic E-state index is 0.0535. The first kappa shape index (κ1) is 7.10. The molecule has 7 heavy (non-hydrogen) atoms. The van der Waals surface area contributed by atoms with Crippen LogP contribution in [0.5, 0.6) is 0 Å². The van der Waals surface area contributed by atoms with Crippen LogP contribution < -0.4 is 0 Å². The molecular weight excluding hydrogens is 107 g/mol. The highest BCUT2D eigenvalue weighted by molar-refractivity contribution is 7.57. The minimum Gasteiger partial charge on any atom is -0.303 e. The highest BCUT2D eigenvalue weighted by atomic mass is 31.1. The summed E-state index contributed by atoms with van der Waals surface area (Å²) in [6, 6.07) is 0. The Kier molecular flexibility index (Phi) is 4.32. The third kappa shape index (κ3) is 3.94. The molecule has 0 spiro atoms. The Morgan fingerprint density at radius 3 is 2.43 bits per heavy atom. The number of aldehydes is 1. The van der Waals surface area contributed by atoms with Gasteiger partial charge in [0.05, 0.1) is 0 Å². The monoisotopic (exact) mass is 118 g/mol. The van der Waals surface area contributed by atoms with Gasteiger partial charge in [-0.15, -0.1) is 7.92 Å². The lowest BCUT2D eigenvalue weighted by Gasteiger charge is -1.99. The van der Waals surface area contributed by atoms with Crippen molar-refractivity contribution in [1.29, 1.82) is 0 Å². The summed E-state index contributed by atoms with van der Waals surface area (Å²) in [5.41, 5.74) is 0. The number of carbonyl (C=O) groups excluding carboxylic acids is 1. The Hall–Kier alpha value is 0.100. The summed E-state index contributed by atoms with van der Waals surface area (Å²) in [7, 11) is 0.0535. The van der Waals surface area contributed by atoms with Crippen LogP contribution in [0.1, 0.15) is 6.92 Å². The molecule has 0 heterocycles. The maximum atomic E-state index is 9.79. The first-order chi connectivity index (χ1) is 3.31. The van der Waals surface area contributed by atoms with Crippen molar-refractivity contribution in [3.05, 3.63) is 0 Å². The average molecular weight is 118 g/mol. The van der Waals surface area contributed by atoms with Gasteiger partial charge in [-0.3, -0.25) is 0 Å². The van der Waals surface area contributed by atoms with Crippen LogP contribution >= 0.6 is 7.92 Å². The maximum absolute atomic E-state index is 9.79. The van der Waals surface area contributed by atoms with Crippen LogP contribution in [0.25, 0.3) is 0 Å². The van der Waals surface area contributed by atoms with E-state index in [1.54, 1.807) is 0 Å². The molecule has 0 saturated carbocycles. The Morgan fingerprint density at radius 1 is 1.71 bits per heavy atom. The van der Waals surface area contributed by atoms with E-state index in [4.69, 9.17) is 0 Å². The summed E-state index contributed by atoms with van der Waals surface area (Å²) in [6.07, 6.45) is 2.97. The van der Waals surface area contributed by atoms with Crippen LogP contribution in [0.15, 0.2) is 0 Å². The molecule has 0 aromatic rings. The molecule has 1 atom stereocenters. The Morgan fingerprint density at radius 2 is 2.29 bits per heavy atom. The number of carbonyl (C=O) groups is 1. The van der Waals surface area contributed by atoms with Gasteiger partial charge in [0.2, 0.25) is 0 Å². The summed E-state index contributed by atoms with van der Waals surface area (Å²) in [4.78, 5) is 9.79. The predicted molar refractivity (Wildman–Crippen MR) is 34.3 cm³/mol. The van der Waals surface area contributed by atoms with Gasteiger partial charge in [-0.1, -0.05) is 6.92 Å². The summed E-state index contributed by atoms with van der Waals surface area (Å²) < 4.78 is 0. The van der Waals surface area contributed by atoms with Crippen molar-refractivity contribution in [3.63, 3.8) is 0 Å². The number of hydrogen-bond donors (Lipinski definition) is 0. The topological polar surface area (TPSA) is 17.1 Å². The summed E-state index contributed by atoms with van der Waals surface area (Å²) in [5.74, 6) is 0. The molecule has 1 unspecified atom stereocenters. The van der Waals surface area contributed by atoms with Crippen molar-refractivity contribution < 1.29 is 4.79 Å². The Bertz CT molecular complexity index is 54.0. The fourth-order valence-corrected chi connectivity index (χ4v) is 0.769. The minimum atomic E-state index is 0.0535. The third-order valence-corrected chi connectivity index (χ3v) is 2.78. The van der Waals surface area contributed by atoms with Crippen molar-refractivity contribution in [2.75, 3.05) is 19.0 Å². The highest BCUT2D eigenvalue weighted by Gasteiger charge is 1.91. The zero-order chi connectivity index (χ0) is 5.70. The molecule has 42 valence electrons. The molecule has 0 aliphatic heterocycles. The van der Waals surface area contributed by atoms with Gasteiger partial charge in [-0.2, -0.15) is 0 Å². The lowest BCUT2D eigenvalue weighted by molar-refractivity contribution is -0.105. The second-order valence-corrected chi connectivity index (χ2v) is 4.23. The van der Waals surface area contributed by atoms with E-state index >= 15 is 0 Å². The highest BCUT2D eigenvalue weighted by Crippen LogP contribution is 2.26. The summed E-state index contributed by atoms with van der Waals surface area (Å²) in [5, 5.41) is 0. The van der Waals surface area contributed by atoms with Gasteiger partial charge in [0.15, 0.2) is 0 Å². The van der Waals surface area contributed by atoms with Gasteiger partial charge in [-0.05, 0) is 12.8 Å². The van der Waals surface area contributed by atoms with Crippen molar-refractivity contribution >= 4 is 14.2 Å². The van der Waals surface area contributed by atoms with Gasteiger partial charge in [-0.25, -0.2) is 0 Å². The van der Waals surface area contributed by atoms with E-state index in [0.717, 1.165) is 12.4 Å². The Balaban J connectivity index is 2.98. The quantitative estimate of drug-likeness (QED) is 0.403. The van der Waals surface area contributed by atoms with Crippen LogP contribution in [-0.2, 0) is 4.79 Å². The smallest absolute Gasteiger partial charge is 0.124 e. The lowest BCUT2D eigenvalue weighted by atomic mass is 10.9. The van der Waals surface area contributed by atoms with E-state index < -0.39 is 0 Å². The van der Waals surface area contributed by atoms with Crippen LogP contribution in [0, 0.1) is 0 Å². The van der Waals surface area contributed by atoms with E-state index in [1.165, 1.54) is 6.16 Å². The molecule has 0 N–H and O–H groups in total. The van der Waals surface area contributed by atoms with E-state index in [2.05, 4.69) is 13.6 Å². The molecule has 2 heteroatoms. The van der Waals surface area contributed by atoms with E-state index in [1.807, 2.05) is 0 Å². The Labute approximate surface area is 45.9 Å². The van der Waals surface area contributed by atoms with Gasteiger partial charge < -0.3 is 4.79 Å². The van der Waals surface area contributed by atoms with Crippen molar-refractivity contribution in [1.82, 2.24) is 0 Å². The maximum Gasteiger partial charge on any atom is 0.124 e. The third-order valence-electron chi connectivity index (χ3n) is 0.926. The normalized spacial score (nSPS) is 13.4. The fraction of sp³-hybridized carbons (Fsp3) is 0.800. The van der Waals surface area contributed by atoms with Crippen molar-refractivity contribution in [2.45, 2.75) is 6.92 Å². The van der Waals surface area contributed by atoms with Gasteiger partial charge in [0, 0.05) is 6.16 Å². The van der Waals surface area contributed by atoms with Crippen molar-refractivity contribution in [2.24, 2.45) is 0 Å². The molecule has 0 amide bonds. The first-order valence-corrected chi connectivity index (χ1v) is 4.59. The SMILES string of the molecule is CCP(C)CC=O.